The van der Waals surface area contributed by atoms with Gasteiger partial charge in [-0.05, 0) is 39.0 Å². The molecule has 62 valence electrons. The molecule has 2 rings (SSSR count). The number of ether oxygens (including phenoxy) is 1. The Labute approximate surface area is 68.4 Å². The molecule has 2 atom stereocenters. The molecule has 0 saturated carbocycles. The van der Waals surface area contributed by atoms with Crippen LogP contribution in [-0.4, -0.2) is 11.7 Å². The zero-order valence-corrected chi connectivity index (χ0v) is 7.23. The van der Waals surface area contributed by atoms with E-state index in [0.717, 1.165) is 12.8 Å². The van der Waals surface area contributed by atoms with Gasteiger partial charge in [-0.25, -0.2) is 0 Å². The highest BCUT2D eigenvalue weighted by Gasteiger charge is 2.37. The van der Waals surface area contributed by atoms with E-state index in [-0.39, 0.29) is 5.60 Å². The van der Waals surface area contributed by atoms with Crippen LogP contribution in [0.5, 0.6) is 0 Å². The second kappa shape index (κ2) is 2.34. The van der Waals surface area contributed by atoms with Crippen molar-refractivity contribution >= 4 is 0 Å². The summed E-state index contributed by atoms with van der Waals surface area (Å²) in [5.74, 6) is 0. The van der Waals surface area contributed by atoms with Gasteiger partial charge in [0, 0.05) is 0 Å². The fourth-order valence-corrected chi connectivity index (χ4v) is 2.42. The molecule has 0 radical (unpaired) electrons. The minimum Gasteiger partial charge on any atom is -0.371 e. The van der Waals surface area contributed by atoms with Crippen molar-refractivity contribution < 1.29 is 4.74 Å². The van der Waals surface area contributed by atoms with Gasteiger partial charge in [0.15, 0.2) is 0 Å². The van der Waals surface area contributed by atoms with Crippen LogP contribution in [0.4, 0.5) is 0 Å². The molecular formula is C10H16O. The summed E-state index contributed by atoms with van der Waals surface area (Å²) >= 11 is 0. The van der Waals surface area contributed by atoms with Gasteiger partial charge in [-0.15, -0.1) is 0 Å². The molecule has 2 bridgehead atoms. The third-order valence-electron chi connectivity index (χ3n) is 2.82. The summed E-state index contributed by atoms with van der Waals surface area (Å²) in [5.41, 5.74) is 1.54. The molecule has 0 aromatic heterocycles. The molecule has 0 aromatic carbocycles. The van der Waals surface area contributed by atoms with Gasteiger partial charge in [-0.1, -0.05) is 12.2 Å². The van der Waals surface area contributed by atoms with Crippen LogP contribution in [0.25, 0.3) is 0 Å². The van der Waals surface area contributed by atoms with Gasteiger partial charge in [0.05, 0.1) is 11.7 Å². The maximum Gasteiger partial charge on any atom is 0.0695 e. The number of hydrogen-bond donors (Lipinski definition) is 0. The van der Waals surface area contributed by atoms with Crippen LogP contribution in [0.15, 0.2) is 12.2 Å². The van der Waals surface area contributed by atoms with Gasteiger partial charge >= 0.3 is 0 Å². The Balaban J connectivity index is 2.15. The number of hydrogen-bond acceptors (Lipinski definition) is 1. The molecule has 2 aliphatic heterocycles. The Morgan fingerprint density at radius 1 is 1.64 bits per heavy atom. The van der Waals surface area contributed by atoms with Crippen LogP contribution in [-0.2, 0) is 4.74 Å². The second-order valence-electron chi connectivity index (χ2n) is 4.21. The summed E-state index contributed by atoms with van der Waals surface area (Å²) < 4.78 is 5.92. The lowest BCUT2D eigenvalue weighted by Gasteiger charge is -2.44. The summed E-state index contributed by atoms with van der Waals surface area (Å²) in [6.45, 7) is 6.29. The van der Waals surface area contributed by atoms with Crippen LogP contribution in [0.3, 0.4) is 0 Å². The standard InChI is InChI=1S/C10H16O/c1-8-6-9-4-3-5-10(2,7-8)11-9/h9H,1,3-7H2,2H3/t9-,10+/m0/s1. The lowest BCUT2D eigenvalue weighted by molar-refractivity contribution is -0.133. The normalized spacial score (nSPS) is 44.1. The first-order chi connectivity index (χ1) is 5.18. The van der Waals surface area contributed by atoms with Gasteiger partial charge in [0.2, 0.25) is 0 Å². The Hall–Kier alpha value is -0.300. The van der Waals surface area contributed by atoms with E-state index in [2.05, 4.69) is 13.5 Å². The molecule has 0 amide bonds. The Morgan fingerprint density at radius 3 is 3.18 bits per heavy atom. The monoisotopic (exact) mass is 152 g/mol. The van der Waals surface area contributed by atoms with E-state index in [1.165, 1.54) is 24.8 Å². The molecule has 11 heavy (non-hydrogen) atoms. The zero-order chi connectivity index (χ0) is 7.90. The number of fused-ring (bicyclic) bond motifs is 2. The lowest BCUT2D eigenvalue weighted by atomic mass is 9.81. The Bertz CT molecular complexity index is 185. The van der Waals surface area contributed by atoms with E-state index >= 15 is 0 Å². The summed E-state index contributed by atoms with van der Waals surface area (Å²) in [5, 5.41) is 0. The van der Waals surface area contributed by atoms with Crippen molar-refractivity contribution in [3.63, 3.8) is 0 Å². The molecule has 0 spiro atoms. The van der Waals surface area contributed by atoms with E-state index in [4.69, 9.17) is 4.74 Å². The van der Waals surface area contributed by atoms with Crippen molar-refractivity contribution in [1.29, 1.82) is 0 Å². The van der Waals surface area contributed by atoms with E-state index in [9.17, 15) is 0 Å². The predicted octanol–water partition coefficient (Wildman–Crippen LogP) is 2.66. The van der Waals surface area contributed by atoms with Crippen molar-refractivity contribution in [1.82, 2.24) is 0 Å². The molecule has 0 N–H and O–H groups in total. The van der Waals surface area contributed by atoms with Crippen LogP contribution >= 0.6 is 0 Å². The van der Waals surface area contributed by atoms with Crippen LogP contribution in [0.1, 0.15) is 39.0 Å². The highest BCUT2D eigenvalue weighted by atomic mass is 16.5. The highest BCUT2D eigenvalue weighted by Crippen LogP contribution is 2.40. The van der Waals surface area contributed by atoms with Crippen molar-refractivity contribution in [2.24, 2.45) is 0 Å². The van der Waals surface area contributed by atoms with Gasteiger partial charge in [-0.3, -0.25) is 0 Å². The summed E-state index contributed by atoms with van der Waals surface area (Å²) in [7, 11) is 0. The number of rotatable bonds is 0. The maximum atomic E-state index is 5.92. The minimum absolute atomic E-state index is 0.151. The minimum atomic E-state index is 0.151. The first kappa shape index (κ1) is 7.35. The average molecular weight is 152 g/mol. The lowest BCUT2D eigenvalue weighted by Crippen LogP contribution is -2.42. The third-order valence-corrected chi connectivity index (χ3v) is 2.82. The maximum absolute atomic E-state index is 5.92. The fraction of sp³-hybridized carbons (Fsp3) is 0.800. The molecule has 2 heterocycles. The molecule has 0 aliphatic carbocycles. The molecule has 0 unspecified atom stereocenters. The van der Waals surface area contributed by atoms with Gasteiger partial charge < -0.3 is 4.74 Å². The van der Waals surface area contributed by atoms with Crippen molar-refractivity contribution in [3.8, 4) is 0 Å². The summed E-state index contributed by atoms with van der Waals surface area (Å²) in [4.78, 5) is 0. The van der Waals surface area contributed by atoms with Crippen LogP contribution in [0.2, 0.25) is 0 Å². The van der Waals surface area contributed by atoms with Gasteiger partial charge in [0.25, 0.3) is 0 Å². The third kappa shape index (κ3) is 1.34. The van der Waals surface area contributed by atoms with E-state index in [0.29, 0.717) is 6.10 Å². The average Bonchev–Trinajstić information content (AvgIpc) is 1.82. The second-order valence-corrected chi connectivity index (χ2v) is 4.21. The van der Waals surface area contributed by atoms with Crippen LogP contribution in [0, 0.1) is 0 Å². The SMILES string of the molecule is C=C1C[C@@H]2CCC[C@](C)(C1)O2. The largest absolute Gasteiger partial charge is 0.371 e. The topological polar surface area (TPSA) is 9.23 Å². The van der Waals surface area contributed by atoms with Gasteiger partial charge in [-0.2, -0.15) is 0 Å². The van der Waals surface area contributed by atoms with Crippen molar-refractivity contribution in [2.75, 3.05) is 0 Å². The molecule has 2 fully saturated rings. The Morgan fingerprint density at radius 2 is 2.45 bits per heavy atom. The first-order valence-corrected chi connectivity index (χ1v) is 4.52. The van der Waals surface area contributed by atoms with E-state index in [1.54, 1.807) is 0 Å². The van der Waals surface area contributed by atoms with Crippen molar-refractivity contribution in [2.45, 2.75) is 50.7 Å². The van der Waals surface area contributed by atoms with E-state index < -0.39 is 0 Å². The first-order valence-electron chi connectivity index (χ1n) is 4.52. The zero-order valence-electron chi connectivity index (χ0n) is 7.23. The summed E-state index contributed by atoms with van der Waals surface area (Å²) in [6.07, 6.45) is 6.50. The highest BCUT2D eigenvalue weighted by molar-refractivity contribution is 5.08. The summed E-state index contributed by atoms with van der Waals surface area (Å²) in [6, 6.07) is 0. The van der Waals surface area contributed by atoms with Crippen LogP contribution < -0.4 is 0 Å². The van der Waals surface area contributed by atoms with E-state index in [1.807, 2.05) is 0 Å². The van der Waals surface area contributed by atoms with Crippen molar-refractivity contribution in [3.05, 3.63) is 12.2 Å². The Kier molecular flexibility index (Phi) is 1.57. The molecule has 2 aliphatic rings. The quantitative estimate of drug-likeness (QED) is 0.485. The van der Waals surface area contributed by atoms with Gasteiger partial charge in [0.1, 0.15) is 0 Å². The predicted molar refractivity (Wildman–Crippen MR) is 45.5 cm³/mol. The molecule has 1 heteroatoms. The molecule has 2 saturated heterocycles. The molecule has 1 nitrogen and oxygen atoms in total. The molecule has 0 aromatic rings. The molecular weight excluding hydrogens is 136 g/mol. The fourth-order valence-electron chi connectivity index (χ4n) is 2.42. The smallest absolute Gasteiger partial charge is 0.0695 e.